The van der Waals surface area contributed by atoms with Gasteiger partial charge in [-0.25, -0.2) is 4.39 Å². The Balaban J connectivity index is 2.55. The van der Waals surface area contributed by atoms with Gasteiger partial charge >= 0.3 is 0 Å². The predicted molar refractivity (Wildman–Crippen MR) is 66.9 cm³/mol. The Morgan fingerprint density at radius 2 is 2.00 bits per heavy atom. The second kappa shape index (κ2) is 5.40. The minimum absolute atomic E-state index is 0.187. The monoisotopic (exact) mass is 271 g/mol. The van der Waals surface area contributed by atoms with E-state index in [4.69, 9.17) is 0 Å². The number of nitrogens with zero attached hydrogens (tertiary/aromatic N) is 1. The zero-order chi connectivity index (χ0) is 11.3. The van der Waals surface area contributed by atoms with Gasteiger partial charge in [-0.2, -0.15) is 0 Å². The van der Waals surface area contributed by atoms with Crippen molar-refractivity contribution in [3.8, 4) is 0 Å². The lowest BCUT2D eigenvalue weighted by Crippen LogP contribution is -2.23. The average molecular weight is 272 g/mol. The Morgan fingerprint density at radius 3 is 2.53 bits per heavy atom. The van der Waals surface area contributed by atoms with Gasteiger partial charge in [0.15, 0.2) is 0 Å². The Labute approximate surface area is 98.5 Å². The van der Waals surface area contributed by atoms with Crippen molar-refractivity contribution in [1.29, 1.82) is 0 Å². The minimum Gasteiger partial charge on any atom is -0.289 e. The summed E-state index contributed by atoms with van der Waals surface area (Å²) in [6.07, 6.45) is 1.71. The number of alkyl halides is 2. The van der Waals surface area contributed by atoms with Crippen molar-refractivity contribution < 1.29 is 4.39 Å². The molecule has 1 rings (SSSR count). The van der Waals surface area contributed by atoms with E-state index in [1.807, 2.05) is 31.2 Å². The van der Waals surface area contributed by atoms with E-state index >= 15 is 0 Å². The molecular formula is C12H15BrFN. The first-order valence-electron chi connectivity index (χ1n) is 4.85. The predicted octanol–water partition coefficient (Wildman–Crippen LogP) is 3.54. The fraction of sp³-hybridized carbons (Fsp3) is 0.417. The zero-order valence-corrected chi connectivity index (χ0v) is 10.6. The van der Waals surface area contributed by atoms with E-state index in [0.29, 0.717) is 5.33 Å². The van der Waals surface area contributed by atoms with Crippen LogP contribution in [0.3, 0.4) is 0 Å². The number of aliphatic imine (C=N–C) groups is 1. The summed E-state index contributed by atoms with van der Waals surface area (Å²) in [7, 11) is 0. The van der Waals surface area contributed by atoms with Crippen LogP contribution in [-0.4, -0.2) is 23.8 Å². The molecule has 0 aliphatic carbocycles. The largest absolute Gasteiger partial charge is 0.289 e. The van der Waals surface area contributed by atoms with Gasteiger partial charge in [0.1, 0.15) is 5.67 Å². The van der Waals surface area contributed by atoms with Gasteiger partial charge in [0.05, 0.1) is 6.54 Å². The van der Waals surface area contributed by atoms with E-state index in [9.17, 15) is 4.39 Å². The molecule has 0 fully saturated rings. The van der Waals surface area contributed by atoms with E-state index in [0.717, 1.165) is 5.56 Å². The maximum Gasteiger partial charge on any atom is 0.137 e. The quantitative estimate of drug-likeness (QED) is 0.587. The molecule has 15 heavy (non-hydrogen) atoms. The van der Waals surface area contributed by atoms with E-state index in [1.165, 1.54) is 12.5 Å². The molecule has 0 bridgehead atoms. The molecule has 0 spiro atoms. The van der Waals surface area contributed by atoms with Crippen LogP contribution in [0.4, 0.5) is 4.39 Å². The molecule has 3 heteroatoms. The molecule has 1 aromatic rings. The maximum atomic E-state index is 13.4. The third kappa shape index (κ3) is 4.56. The lowest BCUT2D eigenvalue weighted by molar-refractivity contribution is 0.237. The van der Waals surface area contributed by atoms with E-state index in [1.54, 1.807) is 6.21 Å². The molecule has 0 aliphatic heterocycles. The summed E-state index contributed by atoms with van der Waals surface area (Å²) in [6, 6.07) is 7.98. The van der Waals surface area contributed by atoms with E-state index in [-0.39, 0.29) is 6.54 Å². The van der Waals surface area contributed by atoms with Crippen molar-refractivity contribution in [3.05, 3.63) is 35.4 Å². The first-order valence-corrected chi connectivity index (χ1v) is 5.97. The van der Waals surface area contributed by atoms with Gasteiger partial charge in [0.25, 0.3) is 0 Å². The van der Waals surface area contributed by atoms with Crippen molar-refractivity contribution in [1.82, 2.24) is 0 Å². The highest BCUT2D eigenvalue weighted by atomic mass is 79.9. The molecule has 0 amide bonds. The summed E-state index contributed by atoms with van der Waals surface area (Å²) in [4.78, 5) is 4.08. The molecule has 1 atom stereocenters. The Hall–Kier alpha value is -0.700. The fourth-order valence-corrected chi connectivity index (χ4v) is 1.21. The van der Waals surface area contributed by atoms with Gasteiger partial charge in [0.2, 0.25) is 0 Å². The second-order valence-electron chi connectivity index (χ2n) is 3.93. The topological polar surface area (TPSA) is 12.4 Å². The summed E-state index contributed by atoms with van der Waals surface area (Å²) in [5.74, 6) is 0. The molecule has 0 N–H and O–H groups in total. The first-order chi connectivity index (χ1) is 7.03. The lowest BCUT2D eigenvalue weighted by Gasteiger charge is -2.12. The zero-order valence-electron chi connectivity index (χ0n) is 9.00. The molecule has 1 nitrogen and oxygen atoms in total. The van der Waals surface area contributed by atoms with Crippen molar-refractivity contribution in [2.24, 2.45) is 4.99 Å². The van der Waals surface area contributed by atoms with E-state index < -0.39 is 5.67 Å². The molecular weight excluding hydrogens is 257 g/mol. The van der Waals surface area contributed by atoms with Gasteiger partial charge in [-0.3, -0.25) is 4.99 Å². The van der Waals surface area contributed by atoms with Crippen LogP contribution in [0.25, 0.3) is 0 Å². The van der Waals surface area contributed by atoms with Gasteiger partial charge < -0.3 is 0 Å². The number of aryl methyl sites for hydroxylation is 1. The maximum absolute atomic E-state index is 13.4. The van der Waals surface area contributed by atoms with Crippen LogP contribution in [0, 0.1) is 6.92 Å². The smallest absolute Gasteiger partial charge is 0.137 e. The van der Waals surface area contributed by atoms with Crippen LogP contribution in [0.1, 0.15) is 18.1 Å². The Kier molecular flexibility index (Phi) is 4.45. The summed E-state index contributed by atoms with van der Waals surface area (Å²) in [5, 5.41) is 0.311. The molecule has 82 valence electrons. The van der Waals surface area contributed by atoms with Gasteiger partial charge in [-0.05, 0) is 19.4 Å². The van der Waals surface area contributed by atoms with Crippen LogP contribution in [0.2, 0.25) is 0 Å². The molecule has 1 aromatic carbocycles. The molecule has 1 unspecified atom stereocenters. The van der Waals surface area contributed by atoms with Crippen molar-refractivity contribution in [3.63, 3.8) is 0 Å². The molecule has 0 aromatic heterocycles. The molecule has 0 saturated carbocycles. The molecule has 0 heterocycles. The number of hydrogen-bond donors (Lipinski definition) is 0. The average Bonchev–Trinajstić information content (AvgIpc) is 2.21. The highest BCUT2D eigenvalue weighted by Gasteiger charge is 2.19. The highest BCUT2D eigenvalue weighted by molar-refractivity contribution is 9.09. The number of rotatable bonds is 4. The lowest BCUT2D eigenvalue weighted by atomic mass is 10.1. The molecule has 0 aliphatic rings. The van der Waals surface area contributed by atoms with Crippen LogP contribution in [-0.2, 0) is 0 Å². The summed E-state index contributed by atoms with van der Waals surface area (Å²) in [5.41, 5.74) is 0.954. The van der Waals surface area contributed by atoms with Crippen LogP contribution >= 0.6 is 15.9 Å². The highest BCUT2D eigenvalue weighted by Crippen LogP contribution is 2.13. The van der Waals surface area contributed by atoms with E-state index in [2.05, 4.69) is 20.9 Å². The van der Waals surface area contributed by atoms with Crippen LogP contribution in [0.5, 0.6) is 0 Å². The SMILES string of the molecule is Cc1ccc(C=NCC(C)(F)CBr)cc1. The normalized spacial score (nSPS) is 15.5. The third-order valence-electron chi connectivity index (χ3n) is 2.02. The Morgan fingerprint density at radius 1 is 1.40 bits per heavy atom. The van der Waals surface area contributed by atoms with Crippen molar-refractivity contribution in [2.75, 3.05) is 11.9 Å². The number of benzene rings is 1. The van der Waals surface area contributed by atoms with Gasteiger partial charge in [-0.15, -0.1) is 0 Å². The summed E-state index contributed by atoms with van der Waals surface area (Å²) >= 11 is 3.12. The number of hydrogen-bond acceptors (Lipinski definition) is 1. The van der Waals surface area contributed by atoms with Crippen LogP contribution < -0.4 is 0 Å². The second-order valence-corrected chi connectivity index (χ2v) is 4.49. The van der Waals surface area contributed by atoms with Crippen molar-refractivity contribution >= 4 is 22.1 Å². The first kappa shape index (κ1) is 12.4. The third-order valence-corrected chi connectivity index (χ3v) is 3.19. The van der Waals surface area contributed by atoms with Crippen LogP contribution in [0.15, 0.2) is 29.3 Å². The summed E-state index contributed by atoms with van der Waals surface area (Å²) < 4.78 is 13.4. The molecule has 0 radical (unpaired) electrons. The van der Waals surface area contributed by atoms with Gasteiger partial charge in [0, 0.05) is 11.5 Å². The molecule has 0 saturated heterocycles. The number of halogens is 2. The van der Waals surface area contributed by atoms with Gasteiger partial charge in [-0.1, -0.05) is 45.8 Å². The van der Waals surface area contributed by atoms with Crippen molar-refractivity contribution in [2.45, 2.75) is 19.5 Å². The Bertz CT molecular complexity index is 330. The summed E-state index contributed by atoms with van der Waals surface area (Å²) in [6.45, 7) is 3.75. The minimum atomic E-state index is -1.26. The fourth-order valence-electron chi connectivity index (χ4n) is 1.04. The standard InChI is InChI=1S/C12H15BrFN/c1-10-3-5-11(6-4-10)7-15-9-12(2,14)8-13/h3-7H,8-9H2,1-2H3.